The van der Waals surface area contributed by atoms with Crippen molar-refractivity contribution in [1.82, 2.24) is 9.97 Å². The number of thiazole rings is 1. The maximum absolute atomic E-state index is 12.2. The lowest BCUT2D eigenvalue weighted by Gasteiger charge is -2.16. The highest BCUT2D eigenvalue weighted by molar-refractivity contribution is 7.92. The molecule has 1 aromatic carbocycles. The molecule has 0 saturated heterocycles. The molecule has 3 aromatic rings. The van der Waals surface area contributed by atoms with Crippen molar-refractivity contribution in [3.8, 4) is 11.3 Å². The van der Waals surface area contributed by atoms with E-state index in [1.165, 1.54) is 28.9 Å². The number of carbonyl (C=O) groups excluding carboxylic acids is 1. The zero-order valence-corrected chi connectivity index (χ0v) is 16.8. The van der Waals surface area contributed by atoms with Crippen LogP contribution in [0.3, 0.4) is 0 Å². The van der Waals surface area contributed by atoms with Gasteiger partial charge < -0.3 is 0 Å². The normalized spacial score (nSPS) is 11.2. The number of hydrogen-bond acceptors (Lipinski definition) is 6. The molecule has 0 bridgehead atoms. The van der Waals surface area contributed by atoms with Crippen LogP contribution in [-0.4, -0.2) is 37.6 Å². The molecule has 0 aliphatic heterocycles. The zero-order valence-electron chi connectivity index (χ0n) is 14.4. The average molecular weight is 423 g/mol. The first-order valence-electron chi connectivity index (χ1n) is 7.67. The fourth-order valence-corrected chi connectivity index (χ4v) is 3.51. The molecule has 1 N–H and O–H groups in total. The first-order chi connectivity index (χ1) is 12.7. The number of aromatic nitrogens is 2. The van der Waals surface area contributed by atoms with Crippen LogP contribution in [0.1, 0.15) is 10.4 Å². The lowest BCUT2D eigenvalue weighted by molar-refractivity contribution is 0.102. The summed E-state index contributed by atoms with van der Waals surface area (Å²) in [7, 11) is -1.82. The smallest absolute Gasteiger partial charge is 0.259 e. The largest absolute Gasteiger partial charge is 0.298 e. The number of halogens is 1. The lowest BCUT2D eigenvalue weighted by atomic mass is 10.1. The van der Waals surface area contributed by atoms with Crippen LogP contribution in [0.5, 0.6) is 0 Å². The van der Waals surface area contributed by atoms with E-state index in [0.29, 0.717) is 27.2 Å². The Labute approximate surface area is 165 Å². The van der Waals surface area contributed by atoms with Gasteiger partial charge in [0.25, 0.3) is 5.91 Å². The van der Waals surface area contributed by atoms with Gasteiger partial charge in [-0.2, -0.15) is 0 Å². The van der Waals surface area contributed by atoms with E-state index in [1.54, 1.807) is 36.4 Å². The number of nitrogens with zero attached hydrogens (tertiary/aromatic N) is 3. The summed E-state index contributed by atoms with van der Waals surface area (Å²) in [5.41, 5.74) is 2.42. The molecule has 1 amide bonds. The van der Waals surface area contributed by atoms with Gasteiger partial charge in [-0.05, 0) is 24.3 Å². The predicted octanol–water partition coefficient (Wildman–Crippen LogP) is 3.51. The van der Waals surface area contributed by atoms with Gasteiger partial charge in [-0.15, -0.1) is 11.3 Å². The summed E-state index contributed by atoms with van der Waals surface area (Å²) in [4.78, 5) is 20.5. The summed E-state index contributed by atoms with van der Waals surface area (Å²) in [6, 6.07) is 10.1. The number of amides is 1. The fourth-order valence-electron chi connectivity index (χ4n) is 2.18. The predicted molar refractivity (Wildman–Crippen MR) is 108 cm³/mol. The van der Waals surface area contributed by atoms with Gasteiger partial charge in [0.2, 0.25) is 10.0 Å². The highest BCUT2D eigenvalue weighted by Gasteiger charge is 2.13. The summed E-state index contributed by atoms with van der Waals surface area (Å²) in [6.45, 7) is 0. The van der Waals surface area contributed by atoms with Gasteiger partial charge in [-0.3, -0.25) is 14.4 Å². The summed E-state index contributed by atoms with van der Waals surface area (Å²) in [6.07, 6.45) is 2.54. The monoisotopic (exact) mass is 422 g/mol. The Bertz CT molecular complexity index is 1060. The van der Waals surface area contributed by atoms with Crippen molar-refractivity contribution in [3.05, 3.63) is 58.7 Å². The standard InChI is InChI=1S/C17H15ClN4O3S2/c1-22(27(2,24)25)13-6-3-11(4-7-13)14-10-26-17(20-14)21-16(23)12-5-8-15(18)19-9-12/h3-10H,1-2H3,(H,20,21,23). The molecule has 27 heavy (non-hydrogen) atoms. The Morgan fingerprint density at radius 3 is 2.48 bits per heavy atom. The molecule has 0 fully saturated rings. The third-order valence-corrected chi connectivity index (χ3v) is 5.93. The van der Waals surface area contributed by atoms with Crippen LogP contribution >= 0.6 is 22.9 Å². The minimum atomic E-state index is -3.31. The van der Waals surface area contributed by atoms with Crippen LogP contribution in [0.15, 0.2) is 48.0 Å². The number of pyridine rings is 1. The Morgan fingerprint density at radius 1 is 1.19 bits per heavy atom. The first kappa shape index (κ1) is 19.3. The number of anilines is 2. The number of sulfonamides is 1. The molecule has 2 aromatic heterocycles. The molecule has 0 atom stereocenters. The van der Waals surface area contributed by atoms with E-state index in [0.717, 1.165) is 11.8 Å². The van der Waals surface area contributed by atoms with Gasteiger partial charge >= 0.3 is 0 Å². The van der Waals surface area contributed by atoms with Crippen molar-refractivity contribution in [2.75, 3.05) is 22.9 Å². The second-order valence-electron chi connectivity index (χ2n) is 5.64. The molecule has 0 spiro atoms. The third kappa shape index (κ3) is 4.62. The molecule has 140 valence electrons. The van der Waals surface area contributed by atoms with Gasteiger partial charge in [0.15, 0.2) is 5.13 Å². The highest BCUT2D eigenvalue weighted by atomic mass is 35.5. The second kappa shape index (κ2) is 7.63. The molecule has 0 aliphatic rings. The number of carbonyl (C=O) groups is 1. The maximum Gasteiger partial charge on any atom is 0.259 e. The maximum atomic E-state index is 12.2. The van der Waals surface area contributed by atoms with Gasteiger partial charge in [0.05, 0.1) is 23.2 Å². The van der Waals surface area contributed by atoms with E-state index in [2.05, 4.69) is 15.3 Å². The summed E-state index contributed by atoms with van der Waals surface area (Å²) < 4.78 is 24.4. The van der Waals surface area contributed by atoms with Crippen molar-refractivity contribution in [3.63, 3.8) is 0 Å². The summed E-state index contributed by atoms with van der Waals surface area (Å²) in [5.74, 6) is -0.329. The minimum absolute atomic E-state index is 0.313. The van der Waals surface area contributed by atoms with Gasteiger partial charge in [-0.1, -0.05) is 23.7 Å². The SMILES string of the molecule is CN(c1ccc(-c2csc(NC(=O)c3ccc(Cl)nc3)n2)cc1)S(C)(=O)=O. The van der Waals surface area contributed by atoms with Crippen LogP contribution in [0.25, 0.3) is 11.3 Å². The average Bonchev–Trinajstić information content (AvgIpc) is 3.09. The fraction of sp³-hybridized carbons (Fsp3) is 0.118. The van der Waals surface area contributed by atoms with Crippen LogP contribution in [0.4, 0.5) is 10.8 Å². The van der Waals surface area contributed by atoms with Gasteiger partial charge in [0.1, 0.15) is 5.15 Å². The molecule has 0 aliphatic carbocycles. The topological polar surface area (TPSA) is 92.3 Å². The quantitative estimate of drug-likeness (QED) is 0.635. The van der Waals surface area contributed by atoms with E-state index in [9.17, 15) is 13.2 Å². The molecular formula is C17H15ClN4O3S2. The van der Waals surface area contributed by atoms with E-state index in [1.807, 2.05) is 5.38 Å². The van der Waals surface area contributed by atoms with Crippen LogP contribution in [-0.2, 0) is 10.0 Å². The van der Waals surface area contributed by atoms with E-state index in [4.69, 9.17) is 11.6 Å². The third-order valence-electron chi connectivity index (χ3n) is 3.74. The van der Waals surface area contributed by atoms with Crippen molar-refractivity contribution in [2.45, 2.75) is 0 Å². The molecular weight excluding hydrogens is 408 g/mol. The van der Waals surface area contributed by atoms with Crippen LogP contribution < -0.4 is 9.62 Å². The number of benzene rings is 1. The van der Waals surface area contributed by atoms with Crippen LogP contribution in [0, 0.1) is 0 Å². The molecule has 0 radical (unpaired) electrons. The first-order valence-corrected chi connectivity index (χ1v) is 10.8. The van der Waals surface area contributed by atoms with E-state index in [-0.39, 0.29) is 5.91 Å². The zero-order chi connectivity index (χ0) is 19.6. The van der Waals surface area contributed by atoms with Gasteiger partial charge in [-0.25, -0.2) is 18.4 Å². The van der Waals surface area contributed by atoms with Crippen molar-refractivity contribution < 1.29 is 13.2 Å². The van der Waals surface area contributed by atoms with Crippen molar-refractivity contribution in [1.29, 1.82) is 0 Å². The summed E-state index contributed by atoms with van der Waals surface area (Å²) >= 11 is 7.00. The van der Waals surface area contributed by atoms with Crippen LogP contribution in [0.2, 0.25) is 5.15 Å². The van der Waals surface area contributed by atoms with Crippen molar-refractivity contribution >= 4 is 49.7 Å². The molecule has 10 heteroatoms. The van der Waals surface area contributed by atoms with E-state index < -0.39 is 10.0 Å². The highest BCUT2D eigenvalue weighted by Crippen LogP contribution is 2.27. The van der Waals surface area contributed by atoms with Crippen molar-refractivity contribution in [2.24, 2.45) is 0 Å². The Morgan fingerprint density at radius 2 is 1.89 bits per heavy atom. The minimum Gasteiger partial charge on any atom is -0.298 e. The number of hydrogen-bond donors (Lipinski definition) is 1. The Hall–Kier alpha value is -2.49. The molecule has 2 heterocycles. The molecule has 3 rings (SSSR count). The van der Waals surface area contributed by atoms with Gasteiger partial charge in [0, 0.05) is 24.2 Å². The number of rotatable bonds is 5. The Balaban J connectivity index is 1.74. The molecule has 0 unspecified atom stereocenters. The Kier molecular flexibility index (Phi) is 5.45. The lowest BCUT2D eigenvalue weighted by Crippen LogP contribution is -2.24. The number of nitrogens with one attached hydrogen (secondary N) is 1. The molecule has 7 nitrogen and oxygen atoms in total. The second-order valence-corrected chi connectivity index (χ2v) is 8.90. The molecule has 0 saturated carbocycles. The summed E-state index contributed by atoms with van der Waals surface area (Å²) in [5, 5.41) is 5.29. The van der Waals surface area contributed by atoms with E-state index >= 15 is 0 Å².